The maximum absolute atomic E-state index is 9.92. The molecule has 0 bridgehead atoms. The summed E-state index contributed by atoms with van der Waals surface area (Å²) >= 11 is 0. The highest BCUT2D eigenvalue weighted by Crippen LogP contribution is 2.25. The fourth-order valence-electron chi connectivity index (χ4n) is 2.31. The van der Waals surface area contributed by atoms with E-state index in [-0.39, 0.29) is 32.0 Å². The molecule has 0 radical (unpaired) electrons. The molecule has 0 aromatic heterocycles. The zero-order chi connectivity index (χ0) is 15.4. The molecule has 8 heteroatoms. The van der Waals surface area contributed by atoms with Gasteiger partial charge in [0.15, 0.2) is 5.25 Å². The van der Waals surface area contributed by atoms with Gasteiger partial charge in [-0.25, -0.2) is 0 Å². The summed E-state index contributed by atoms with van der Waals surface area (Å²) in [5, 5.41) is 66.7. The van der Waals surface area contributed by atoms with Gasteiger partial charge in [0.1, 0.15) is 42.0 Å². The van der Waals surface area contributed by atoms with E-state index < -0.39 is 52.8 Å². The summed E-state index contributed by atoms with van der Waals surface area (Å²) in [5.74, 6) is 0.288. The van der Waals surface area contributed by atoms with E-state index in [2.05, 4.69) is 0 Å². The lowest BCUT2D eigenvalue weighted by Gasteiger charge is -2.25. The zero-order valence-corrected chi connectivity index (χ0v) is 13.2. The molecule has 0 aromatic carbocycles. The maximum atomic E-state index is 9.92. The Morgan fingerprint density at radius 3 is 2.05 bits per heavy atom. The van der Waals surface area contributed by atoms with E-state index in [9.17, 15) is 35.7 Å². The summed E-state index contributed by atoms with van der Waals surface area (Å²) in [4.78, 5) is 0. The summed E-state index contributed by atoms with van der Waals surface area (Å²) in [6, 6.07) is 0. The van der Waals surface area contributed by atoms with Crippen molar-refractivity contribution in [2.45, 2.75) is 55.2 Å². The van der Waals surface area contributed by atoms with Crippen molar-refractivity contribution >= 4 is 10.9 Å². The molecule has 7 N–H and O–H groups in total. The Bertz CT molecular complexity index is 294. The molecule has 8 atom stereocenters. The first-order chi connectivity index (χ1) is 9.33. The molecule has 0 saturated carbocycles. The average Bonchev–Trinajstić information content (AvgIpc) is 2.70. The van der Waals surface area contributed by atoms with Crippen LogP contribution in [-0.2, 0) is 10.9 Å². The van der Waals surface area contributed by atoms with E-state index in [1.54, 1.807) is 6.92 Å². The van der Waals surface area contributed by atoms with Crippen molar-refractivity contribution < 1.29 is 35.7 Å². The predicted octanol–water partition coefficient (Wildman–Crippen LogP) is -3.00. The lowest BCUT2D eigenvalue weighted by Crippen LogP contribution is -2.48. The molecule has 1 fully saturated rings. The number of hydrogen-bond acceptors (Lipinski definition) is 7. The number of aliphatic hydroxyl groups excluding tert-OH is 7. The molecule has 0 aliphatic carbocycles. The Hall–Kier alpha value is 0.0700. The van der Waals surface area contributed by atoms with Gasteiger partial charge < -0.3 is 43.2 Å². The van der Waals surface area contributed by atoms with Crippen molar-refractivity contribution in [2.75, 3.05) is 18.1 Å². The van der Waals surface area contributed by atoms with Crippen LogP contribution in [0.1, 0.15) is 13.3 Å². The van der Waals surface area contributed by atoms with Crippen LogP contribution >= 0.6 is 0 Å². The first kappa shape index (κ1) is 21.1. The van der Waals surface area contributed by atoms with Gasteiger partial charge in [0.05, 0.1) is 12.7 Å². The van der Waals surface area contributed by atoms with Gasteiger partial charge in [-0.2, -0.15) is 0 Å². The van der Waals surface area contributed by atoms with E-state index >= 15 is 0 Å². The number of rotatable bonds is 7. The minimum atomic E-state index is -1.51. The van der Waals surface area contributed by atoms with E-state index in [4.69, 9.17) is 0 Å². The van der Waals surface area contributed by atoms with Gasteiger partial charge in [-0.15, -0.1) is 0 Å². The van der Waals surface area contributed by atoms with Crippen LogP contribution in [-0.4, -0.2) is 95.7 Å². The van der Waals surface area contributed by atoms with Gasteiger partial charge in [-0.3, -0.25) is 0 Å². The minimum absolute atomic E-state index is 0. The van der Waals surface area contributed by atoms with Crippen LogP contribution in [0.25, 0.3) is 0 Å². The highest BCUT2D eigenvalue weighted by atomic mass is 32.2. The summed E-state index contributed by atoms with van der Waals surface area (Å²) in [6.45, 7) is 1.32. The minimum Gasteiger partial charge on any atom is -0.391 e. The van der Waals surface area contributed by atoms with Crippen LogP contribution < -0.4 is 0 Å². The van der Waals surface area contributed by atoms with Crippen LogP contribution in [0.5, 0.6) is 0 Å². The Balaban J connectivity index is 0.00000400. The van der Waals surface area contributed by atoms with Crippen molar-refractivity contribution in [3.05, 3.63) is 7.43 Å². The Kier molecular flexibility index (Phi) is 9.29. The summed E-state index contributed by atoms with van der Waals surface area (Å²) in [7, 11) is -0.660. The summed E-state index contributed by atoms with van der Waals surface area (Å²) < 4.78 is 0. The van der Waals surface area contributed by atoms with Gasteiger partial charge >= 0.3 is 0 Å². The molecule has 7 nitrogen and oxygen atoms in total. The topological polar surface area (TPSA) is 142 Å². The van der Waals surface area contributed by atoms with Crippen molar-refractivity contribution in [1.82, 2.24) is 0 Å². The quantitative estimate of drug-likeness (QED) is 0.195. The summed E-state index contributed by atoms with van der Waals surface area (Å²) in [5.41, 5.74) is 0. The lowest BCUT2D eigenvalue weighted by atomic mass is 10.0. The predicted molar refractivity (Wildman–Crippen MR) is 80.7 cm³/mol. The van der Waals surface area contributed by atoms with Crippen LogP contribution in [0.4, 0.5) is 0 Å². The largest absolute Gasteiger partial charge is 0.391 e. The van der Waals surface area contributed by atoms with Crippen molar-refractivity contribution in [3.8, 4) is 0 Å². The van der Waals surface area contributed by atoms with Gasteiger partial charge in [0.25, 0.3) is 0 Å². The highest BCUT2D eigenvalue weighted by Gasteiger charge is 2.50. The average molecular weight is 328 g/mol. The van der Waals surface area contributed by atoms with Crippen LogP contribution in [0, 0.1) is 7.43 Å². The fraction of sp³-hybridized carbons (Fsp3) is 0.923. The van der Waals surface area contributed by atoms with E-state index in [0.29, 0.717) is 0 Å². The third kappa shape index (κ3) is 5.04. The molecule has 1 heterocycles. The second-order valence-corrected chi connectivity index (χ2v) is 7.52. The standard InChI is InChI=1S/C12H25O7S.CH3/c1-2-6(14)11(18)12(19)8(16)5-20-4-7(15)10(17)9(20)3-13;/h6-19H,2-5H2,1H3;1H3/q+1;-1/t6-,7+,8+,9+,10-,11+,12+,20?;/m0./s1. The Labute approximate surface area is 128 Å². The van der Waals surface area contributed by atoms with Gasteiger partial charge in [0, 0.05) is 10.9 Å². The van der Waals surface area contributed by atoms with Gasteiger partial charge in [-0.05, 0) is 6.42 Å². The molecule has 0 amide bonds. The van der Waals surface area contributed by atoms with Crippen LogP contribution in [0.2, 0.25) is 0 Å². The molecule has 1 unspecified atom stereocenters. The molecule has 1 aliphatic rings. The van der Waals surface area contributed by atoms with Gasteiger partial charge in [-0.1, -0.05) is 6.92 Å². The SMILES string of the molecule is CC[C@H](O)[C@@H](O)[C@H](O)[C@H](O)C[S+]1C[C@@H](O)[C@H](O)[C@H]1CO.[CH3-]. The smallest absolute Gasteiger partial charge is 0.169 e. The molecule has 0 spiro atoms. The van der Waals surface area contributed by atoms with Crippen molar-refractivity contribution in [2.24, 2.45) is 0 Å². The maximum Gasteiger partial charge on any atom is 0.169 e. The molecule has 0 aromatic rings. The highest BCUT2D eigenvalue weighted by molar-refractivity contribution is 7.97. The lowest BCUT2D eigenvalue weighted by molar-refractivity contribution is -0.0991. The molecular weight excluding hydrogens is 300 g/mol. The van der Waals surface area contributed by atoms with Crippen LogP contribution in [0.3, 0.4) is 0 Å². The summed E-state index contributed by atoms with van der Waals surface area (Å²) in [6.07, 6.45) is -7.13. The Morgan fingerprint density at radius 2 is 1.57 bits per heavy atom. The zero-order valence-electron chi connectivity index (χ0n) is 12.4. The molecule has 128 valence electrons. The Morgan fingerprint density at radius 1 is 1.05 bits per heavy atom. The first-order valence-corrected chi connectivity index (χ1v) is 8.31. The number of aliphatic hydroxyl groups is 7. The normalized spacial score (nSPS) is 34.9. The first-order valence-electron chi connectivity index (χ1n) is 6.69. The molecule has 1 aliphatic heterocycles. The van der Waals surface area contributed by atoms with E-state index in [0.717, 1.165) is 0 Å². The third-order valence-electron chi connectivity index (χ3n) is 3.71. The third-order valence-corrected chi connectivity index (χ3v) is 6.53. The van der Waals surface area contributed by atoms with Crippen molar-refractivity contribution in [3.63, 3.8) is 0 Å². The second kappa shape index (κ2) is 9.26. The fourth-order valence-corrected chi connectivity index (χ4v) is 4.99. The molecule has 1 rings (SSSR count). The number of hydrogen-bond donors (Lipinski definition) is 7. The second-order valence-electron chi connectivity index (χ2n) is 5.17. The van der Waals surface area contributed by atoms with E-state index in [1.807, 2.05) is 0 Å². The molecular formula is C13H28O7S. The molecule has 21 heavy (non-hydrogen) atoms. The molecule has 1 saturated heterocycles. The van der Waals surface area contributed by atoms with Crippen LogP contribution in [0.15, 0.2) is 0 Å². The van der Waals surface area contributed by atoms with E-state index in [1.165, 1.54) is 0 Å². The van der Waals surface area contributed by atoms with Gasteiger partial charge in [0.2, 0.25) is 0 Å². The van der Waals surface area contributed by atoms with Crippen molar-refractivity contribution in [1.29, 1.82) is 0 Å². The monoisotopic (exact) mass is 328 g/mol.